The molecule has 1 rings (SSSR count). The van der Waals surface area contributed by atoms with Crippen LogP contribution in [0.4, 0.5) is 0 Å². The van der Waals surface area contributed by atoms with E-state index in [1.807, 2.05) is 0 Å². The fraction of sp³-hybridized carbons (Fsp3) is 0.786. The van der Waals surface area contributed by atoms with Gasteiger partial charge in [0.25, 0.3) is 0 Å². The van der Waals surface area contributed by atoms with Gasteiger partial charge in [-0.2, -0.15) is 0 Å². The number of rotatable bonds is 3. The maximum atomic E-state index is 3.45. The maximum absolute atomic E-state index is 3.45. The number of hydrogen-bond donors (Lipinski definition) is 0. The van der Waals surface area contributed by atoms with E-state index in [1.165, 1.54) is 36.6 Å². The molecular formula is C14H25CrNSi. The Morgan fingerprint density at radius 1 is 1.24 bits per heavy atom. The van der Waals surface area contributed by atoms with Crippen LogP contribution in [0.2, 0.25) is 19.6 Å². The van der Waals surface area contributed by atoms with E-state index < -0.39 is 8.07 Å². The molecule has 0 bridgehead atoms. The van der Waals surface area contributed by atoms with Gasteiger partial charge in [0.05, 0.1) is 0 Å². The molecule has 0 amide bonds. The summed E-state index contributed by atoms with van der Waals surface area (Å²) in [5.74, 6) is 3.37. The van der Waals surface area contributed by atoms with Crippen LogP contribution < -0.4 is 0 Å². The molecule has 1 nitrogen and oxygen atoms in total. The van der Waals surface area contributed by atoms with Crippen LogP contribution in [0.1, 0.15) is 39.0 Å². The van der Waals surface area contributed by atoms with E-state index in [2.05, 4.69) is 58.8 Å². The molecule has 1 saturated carbocycles. The van der Waals surface area contributed by atoms with Crippen LogP contribution in [-0.4, -0.2) is 30.1 Å². The standard InChI is InChI=1S/C14H25NSi.Cr/c1-5-15(12-9-13-16(2,3)4)14-10-7-6-8-11-14;/h14H,5-8,10-11H2,1-4H3;. The van der Waals surface area contributed by atoms with Crippen LogP contribution in [0.3, 0.4) is 0 Å². The first-order valence-corrected chi connectivity index (χ1v) is 10.9. The Morgan fingerprint density at radius 3 is 2.29 bits per heavy atom. The molecule has 0 aromatic rings. The summed E-state index contributed by atoms with van der Waals surface area (Å²) in [6.45, 7) is 10.2. The molecule has 3 heteroatoms. The minimum absolute atomic E-state index is 0.723. The predicted molar refractivity (Wildman–Crippen MR) is 75.4 cm³/mol. The Labute approximate surface area is 116 Å². The molecule has 1 aliphatic rings. The van der Waals surface area contributed by atoms with Crippen molar-refractivity contribution in [2.24, 2.45) is 0 Å². The van der Waals surface area contributed by atoms with Gasteiger partial charge in [-0.15, -0.1) is 0 Å². The van der Waals surface area contributed by atoms with Crippen LogP contribution in [0.25, 0.3) is 0 Å². The van der Waals surface area contributed by atoms with E-state index in [-0.39, 0.29) is 0 Å². The second kappa shape index (κ2) is 6.91. The monoisotopic (exact) mass is 287 g/mol. The van der Waals surface area contributed by atoms with Crippen molar-refractivity contribution in [2.45, 2.75) is 64.7 Å². The topological polar surface area (TPSA) is 3.24 Å². The summed E-state index contributed by atoms with van der Waals surface area (Å²) in [6.07, 6.45) is 6.87. The fourth-order valence-corrected chi connectivity index (χ4v) is 3.43. The third kappa shape index (κ3) is 5.54. The van der Waals surface area contributed by atoms with Gasteiger partial charge in [0, 0.05) is 0 Å². The molecular weight excluding hydrogens is 262 g/mol. The zero-order valence-corrected chi connectivity index (χ0v) is 14.0. The van der Waals surface area contributed by atoms with Crippen molar-refractivity contribution in [3.05, 3.63) is 0 Å². The third-order valence-electron chi connectivity index (χ3n) is 3.16. The van der Waals surface area contributed by atoms with Gasteiger partial charge in [-0.1, -0.05) is 0 Å². The SMILES string of the molecule is CCN([C](=[Cr])C#C[Si](C)(C)C)C1CCCCC1. The van der Waals surface area contributed by atoms with Crippen LogP contribution in [0, 0.1) is 11.5 Å². The molecule has 1 aliphatic carbocycles. The second-order valence-corrected chi connectivity index (χ2v) is 11.2. The first-order chi connectivity index (χ1) is 7.94. The Balaban J connectivity index is 2.65. The third-order valence-corrected chi connectivity index (χ3v) is 4.56. The van der Waals surface area contributed by atoms with Crippen LogP contribution in [0.5, 0.6) is 0 Å². The summed E-state index contributed by atoms with van der Waals surface area (Å²) in [5.41, 5.74) is 3.45. The van der Waals surface area contributed by atoms with E-state index in [9.17, 15) is 0 Å². The summed E-state index contributed by atoms with van der Waals surface area (Å²) in [7, 11) is -1.26. The molecule has 17 heavy (non-hydrogen) atoms. The van der Waals surface area contributed by atoms with Crippen LogP contribution in [-0.2, 0) is 15.9 Å². The summed E-state index contributed by atoms with van der Waals surface area (Å²) in [5, 5.41) is 0. The van der Waals surface area contributed by atoms with E-state index in [0.29, 0.717) is 0 Å². The Kier molecular flexibility index (Phi) is 6.18. The van der Waals surface area contributed by atoms with Crippen molar-refractivity contribution in [3.63, 3.8) is 0 Å². The molecule has 96 valence electrons. The van der Waals surface area contributed by atoms with Gasteiger partial charge < -0.3 is 0 Å². The van der Waals surface area contributed by atoms with Crippen molar-refractivity contribution in [3.8, 4) is 11.5 Å². The zero-order valence-electron chi connectivity index (χ0n) is 11.7. The molecule has 0 radical (unpaired) electrons. The van der Waals surface area contributed by atoms with Crippen molar-refractivity contribution < 1.29 is 15.9 Å². The summed E-state index contributed by atoms with van der Waals surface area (Å²) in [6, 6.07) is 0.723. The molecule has 0 unspecified atom stereocenters. The number of nitrogens with zero attached hydrogens (tertiary/aromatic N) is 1. The average molecular weight is 287 g/mol. The van der Waals surface area contributed by atoms with Crippen molar-refractivity contribution >= 4 is 12.6 Å². The molecule has 0 aliphatic heterocycles. The Morgan fingerprint density at radius 2 is 1.82 bits per heavy atom. The summed E-state index contributed by atoms with van der Waals surface area (Å²) >= 11 is 3.19. The Hall–Kier alpha value is 0.139. The second-order valence-electron chi connectivity index (χ2n) is 5.88. The van der Waals surface area contributed by atoms with Gasteiger partial charge in [0.15, 0.2) is 0 Å². The number of hydrogen-bond acceptors (Lipinski definition) is 1. The Bertz CT molecular complexity index is 315. The molecule has 0 spiro atoms. The van der Waals surface area contributed by atoms with E-state index in [1.54, 1.807) is 0 Å². The molecule has 0 N–H and O–H groups in total. The predicted octanol–water partition coefficient (Wildman–Crippen LogP) is 3.20. The molecule has 0 atom stereocenters. The molecule has 1 fully saturated rings. The van der Waals surface area contributed by atoms with E-state index >= 15 is 0 Å². The zero-order chi connectivity index (χ0) is 12.9. The average Bonchev–Trinajstić information content (AvgIpc) is 2.28. The molecule has 0 aromatic heterocycles. The van der Waals surface area contributed by atoms with Crippen molar-refractivity contribution in [1.29, 1.82) is 0 Å². The molecule has 0 saturated heterocycles. The minimum atomic E-state index is -1.26. The van der Waals surface area contributed by atoms with E-state index in [4.69, 9.17) is 0 Å². The quantitative estimate of drug-likeness (QED) is 0.569. The van der Waals surface area contributed by atoms with Crippen LogP contribution in [0.15, 0.2) is 0 Å². The first-order valence-electron chi connectivity index (χ1n) is 6.78. The van der Waals surface area contributed by atoms with Gasteiger partial charge in [0.1, 0.15) is 0 Å². The van der Waals surface area contributed by atoms with Gasteiger partial charge in [-0.05, 0) is 0 Å². The normalized spacial score (nSPS) is 17.7. The van der Waals surface area contributed by atoms with Crippen molar-refractivity contribution in [1.82, 2.24) is 4.90 Å². The van der Waals surface area contributed by atoms with Crippen LogP contribution >= 0.6 is 0 Å². The molecule has 0 aromatic carbocycles. The van der Waals surface area contributed by atoms with Gasteiger partial charge in [-0.3, -0.25) is 0 Å². The summed E-state index contributed by atoms with van der Waals surface area (Å²) < 4.78 is 1.17. The van der Waals surface area contributed by atoms with Gasteiger partial charge >= 0.3 is 116 Å². The van der Waals surface area contributed by atoms with Gasteiger partial charge in [-0.25, -0.2) is 0 Å². The molecule has 0 heterocycles. The fourth-order valence-electron chi connectivity index (χ4n) is 2.27. The van der Waals surface area contributed by atoms with Gasteiger partial charge in [0.2, 0.25) is 0 Å². The summed E-state index contributed by atoms with van der Waals surface area (Å²) in [4.78, 5) is 2.48. The van der Waals surface area contributed by atoms with Crippen molar-refractivity contribution in [2.75, 3.05) is 6.54 Å². The van der Waals surface area contributed by atoms with E-state index in [0.717, 1.165) is 12.6 Å². The first kappa shape index (κ1) is 15.2.